The number of nitrogens with one attached hydrogen (secondary N) is 1. The first-order valence-electron chi connectivity index (χ1n) is 5.84. The van der Waals surface area contributed by atoms with Crippen LogP contribution in [-0.2, 0) is 14.8 Å². The molecule has 2 heterocycles. The molecule has 94 valence electrons. The van der Waals surface area contributed by atoms with Crippen molar-refractivity contribution in [1.82, 2.24) is 9.62 Å². The molecule has 2 unspecified atom stereocenters. The lowest BCUT2D eigenvalue weighted by atomic mass is 10.1. The number of sulfonamides is 1. The van der Waals surface area contributed by atoms with Gasteiger partial charge >= 0.3 is 0 Å². The van der Waals surface area contributed by atoms with Gasteiger partial charge in [-0.25, -0.2) is 13.1 Å². The van der Waals surface area contributed by atoms with Crippen molar-refractivity contribution in [3.05, 3.63) is 0 Å². The van der Waals surface area contributed by atoms with Crippen molar-refractivity contribution < 1.29 is 13.2 Å². The van der Waals surface area contributed by atoms with E-state index >= 15 is 0 Å². The maximum Gasteiger partial charge on any atom is 0.209 e. The van der Waals surface area contributed by atoms with Crippen LogP contribution in [0.15, 0.2) is 0 Å². The Morgan fingerprint density at radius 3 is 2.56 bits per heavy atom. The zero-order valence-corrected chi connectivity index (χ0v) is 10.5. The van der Waals surface area contributed by atoms with Crippen molar-refractivity contribution in [2.75, 3.05) is 32.6 Å². The van der Waals surface area contributed by atoms with Gasteiger partial charge in [-0.05, 0) is 32.4 Å². The zero-order chi connectivity index (χ0) is 11.6. The summed E-state index contributed by atoms with van der Waals surface area (Å²) in [7, 11) is -3.12. The molecular weight excluding hydrogens is 228 g/mol. The zero-order valence-electron chi connectivity index (χ0n) is 9.68. The first-order chi connectivity index (χ1) is 7.54. The van der Waals surface area contributed by atoms with Crippen molar-refractivity contribution in [2.24, 2.45) is 0 Å². The summed E-state index contributed by atoms with van der Waals surface area (Å²) in [5.74, 6) is 0. The Balaban J connectivity index is 1.88. The highest BCUT2D eigenvalue weighted by molar-refractivity contribution is 7.88. The molecule has 0 aromatic rings. The second-order valence-electron chi connectivity index (χ2n) is 4.76. The van der Waals surface area contributed by atoms with Crippen LogP contribution in [0.3, 0.4) is 0 Å². The third-order valence-corrected chi connectivity index (χ3v) is 3.99. The van der Waals surface area contributed by atoms with Crippen molar-refractivity contribution in [1.29, 1.82) is 0 Å². The number of rotatable bonds is 3. The molecule has 2 atom stereocenters. The number of nitrogens with zero attached hydrogens (tertiary/aromatic N) is 1. The Morgan fingerprint density at radius 2 is 1.94 bits per heavy atom. The lowest BCUT2D eigenvalue weighted by Crippen LogP contribution is -2.49. The lowest BCUT2D eigenvalue weighted by molar-refractivity contribution is 0.0119. The summed E-state index contributed by atoms with van der Waals surface area (Å²) in [6, 6.07) is 0.324. The molecule has 2 aliphatic rings. The number of hydrogen-bond acceptors (Lipinski definition) is 4. The standard InChI is InChI=1S/C10H20N2O3S/c1-16(13,14)11-9-6-10(8-15-7-9)12-4-2-3-5-12/h9-11H,2-8H2,1H3. The normalized spacial score (nSPS) is 33.1. The minimum atomic E-state index is -3.12. The molecular formula is C10H20N2O3S. The molecule has 2 rings (SSSR count). The van der Waals surface area contributed by atoms with Crippen LogP contribution >= 0.6 is 0 Å². The highest BCUT2D eigenvalue weighted by Gasteiger charge is 2.29. The Bertz CT molecular complexity index is 325. The maximum atomic E-state index is 11.1. The summed E-state index contributed by atoms with van der Waals surface area (Å²) >= 11 is 0. The minimum absolute atomic E-state index is 0.0608. The van der Waals surface area contributed by atoms with Gasteiger partial charge in [0.05, 0.1) is 19.5 Å². The minimum Gasteiger partial charge on any atom is -0.378 e. The van der Waals surface area contributed by atoms with Crippen LogP contribution < -0.4 is 4.72 Å². The molecule has 0 bridgehead atoms. The summed E-state index contributed by atoms with van der Waals surface area (Å²) in [4.78, 5) is 2.41. The summed E-state index contributed by atoms with van der Waals surface area (Å²) in [6.07, 6.45) is 4.57. The molecule has 0 aromatic heterocycles. The summed E-state index contributed by atoms with van der Waals surface area (Å²) in [6.45, 7) is 3.48. The SMILES string of the molecule is CS(=O)(=O)NC1COCC(N2CCCC2)C1. The van der Waals surface area contributed by atoms with E-state index in [2.05, 4.69) is 9.62 Å². The van der Waals surface area contributed by atoms with Gasteiger partial charge in [-0.3, -0.25) is 4.90 Å². The van der Waals surface area contributed by atoms with E-state index in [0.717, 1.165) is 26.1 Å². The van der Waals surface area contributed by atoms with Crippen LogP contribution in [0, 0.1) is 0 Å². The fourth-order valence-electron chi connectivity index (χ4n) is 2.56. The molecule has 0 aliphatic carbocycles. The Kier molecular flexibility index (Phi) is 3.84. The number of likely N-dealkylation sites (tertiary alicyclic amines) is 1. The topological polar surface area (TPSA) is 58.6 Å². The van der Waals surface area contributed by atoms with E-state index in [4.69, 9.17) is 4.74 Å². The Morgan fingerprint density at radius 1 is 1.25 bits per heavy atom. The predicted octanol–water partition coefficient (Wildman–Crippen LogP) is -0.211. The predicted molar refractivity (Wildman–Crippen MR) is 61.8 cm³/mol. The van der Waals surface area contributed by atoms with Gasteiger partial charge in [0.2, 0.25) is 10.0 Å². The van der Waals surface area contributed by atoms with Gasteiger partial charge in [-0.2, -0.15) is 0 Å². The molecule has 0 spiro atoms. The highest BCUT2D eigenvalue weighted by atomic mass is 32.2. The summed E-state index contributed by atoms with van der Waals surface area (Å²) < 4.78 is 30.4. The molecule has 0 saturated carbocycles. The first-order valence-corrected chi connectivity index (χ1v) is 7.73. The van der Waals surface area contributed by atoms with Crippen LogP contribution in [-0.4, -0.2) is 58.0 Å². The molecule has 1 N–H and O–H groups in total. The molecule has 2 aliphatic heterocycles. The van der Waals surface area contributed by atoms with Crippen LogP contribution in [0.4, 0.5) is 0 Å². The summed E-state index contributed by atoms with van der Waals surface area (Å²) in [5, 5.41) is 0. The third-order valence-electron chi connectivity index (χ3n) is 3.22. The molecule has 0 aromatic carbocycles. The van der Waals surface area contributed by atoms with Gasteiger partial charge in [-0.15, -0.1) is 0 Å². The van der Waals surface area contributed by atoms with E-state index in [-0.39, 0.29) is 6.04 Å². The van der Waals surface area contributed by atoms with E-state index in [9.17, 15) is 8.42 Å². The average Bonchev–Trinajstić information content (AvgIpc) is 2.68. The van der Waals surface area contributed by atoms with E-state index in [1.54, 1.807) is 0 Å². The summed E-state index contributed by atoms with van der Waals surface area (Å²) in [5.41, 5.74) is 0. The Hall–Kier alpha value is -0.170. The van der Waals surface area contributed by atoms with Crippen LogP contribution in [0.2, 0.25) is 0 Å². The largest absolute Gasteiger partial charge is 0.378 e. The van der Waals surface area contributed by atoms with Crippen molar-refractivity contribution in [3.63, 3.8) is 0 Å². The van der Waals surface area contributed by atoms with Gasteiger partial charge in [-0.1, -0.05) is 0 Å². The molecule has 2 fully saturated rings. The van der Waals surface area contributed by atoms with Crippen LogP contribution in [0.1, 0.15) is 19.3 Å². The van der Waals surface area contributed by atoms with Gasteiger partial charge in [0.25, 0.3) is 0 Å². The number of ether oxygens (including phenoxy) is 1. The van der Waals surface area contributed by atoms with E-state index in [0.29, 0.717) is 12.6 Å². The van der Waals surface area contributed by atoms with Gasteiger partial charge in [0.1, 0.15) is 0 Å². The van der Waals surface area contributed by atoms with E-state index < -0.39 is 10.0 Å². The third kappa shape index (κ3) is 3.41. The molecule has 2 saturated heterocycles. The fourth-order valence-corrected chi connectivity index (χ4v) is 3.33. The molecule has 0 amide bonds. The van der Waals surface area contributed by atoms with Gasteiger partial charge < -0.3 is 4.74 Å². The van der Waals surface area contributed by atoms with Crippen LogP contribution in [0.25, 0.3) is 0 Å². The Labute approximate surface area is 97.2 Å². The smallest absolute Gasteiger partial charge is 0.209 e. The second kappa shape index (κ2) is 5.00. The average molecular weight is 248 g/mol. The second-order valence-corrected chi connectivity index (χ2v) is 6.54. The monoisotopic (exact) mass is 248 g/mol. The quantitative estimate of drug-likeness (QED) is 0.751. The van der Waals surface area contributed by atoms with Crippen molar-refractivity contribution >= 4 is 10.0 Å². The van der Waals surface area contributed by atoms with Gasteiger partial charge in [0.15, 0.2) is 0 Å². The van der Waals surface area contributed by atoms with Crippen molar-refractivity contribution in [3.8, 4) is 0 Å². The molecule has 5 nitrogen and oxygen atoms in total. The van der Waals surface area contributed by atoms with Crippen molar-refractivity contribution in [2.45, 2.75) is 31.3 Å². The van der Waals surface area contributed by atoms with E-state index in [1.165, 1.54) is 19.1 Å². The maximum absolute atomic E-state index is 11.1. The highest BCUT2D eigenvalue weighted by Crippen LogP contribution is 2.19. The molecule has 0 radical (unpaired) electrons. The molecule has 16 heavy (non-hydrogen) atoms. The van der Waals surface area contributed by atoms with E-state index in [1.807, 2.05) is 0 Å². The lowest BCUT2D eigenvalue weighted by Gasteiger charge is -2.35. The van der Waals surface area contributed by atoms with Gasteiger partial charge in [0, 0.05) is 12.1 Å². The fraction of sp³-hybridized carbons (Fsp3) is 1.00. The number of hydrogen-bond donors (Lipinski definition) is 1. The molecule has 6 heteroatoms. The van der Waals surface area contributed by atoms with Crippen LogP contribution in [0.5, 0.6) is 0 Å². The first kappa shape index (κ1) is 12.3.